The highest BCUT2D eigenvalue weighted by Crippen LogP contribution is 2.08. The number of unbranched alkanes of at least 4 members (excludes halogenated alkanes) is 6. The van der Waals surface area contributed by atoms with Gasteiger partial charge in [-0.1, -0.05) is 51.7 Å². The summed E-state index contributed by atoms with van der Waals surface area (Å²) in [6.07, 6.45) is 15.4. The minimum Gasteiger partial charge on any atom is -0.466 e. The van der Waals surface area contributed by atoms with Crippen molar-refractivity contribution in [2.45, 2.75) is 78.1 Å². The van der Waals surface area contributed by atoms with Gasteiger partial charge in [-0.15, -0.1) is 0 Å². The zero-order chi connectivity index (χ0) is 13.5. The van der Waals surface area contributed by atoms with E-state index in [0.717, 1.165) is 32.1 Å². The third kappa shape index (κ3) is 13.3. The summed E-state index contributed by atoms with van der Waals surface area (Å²) in [5, 5.41) is 0. The van der Waals surface area contributed by atoms with Crippen LogP contribution in [0.15, 0.2) is 12.2 Å². The number of ether oxygens (including phenoxy) is 1. The molecule has 2 nitrogen and oxygen atoms in total. The van der Waals surface area contributed by atoms with Crippen molar-refractivity contribution in [3.63, 3.8) is 0 Å². The Hall–Kier alpha value is -0.790. The molecule has 0 spiro atoms. The second kappa shape index (κ2) is 14.3. The summed E-state index contributed by atoms with van der Waals surface area (Å²) < 4.78 is 5.11. The Bertz CT molecular complexity index is 209. The number of carbonyl (C=O) groups excluding carboxylic acids is 1. The lowest BCUT2D eigenvalue weighted by Crippen LogP contribution is -2.05. The van der Waals surface area contributed by atoms with Crippen molar-refractivity contribution in [3.8, 4) is 0 Å². The number of allylic oxidation sites excluding steroid dienone is 2. The van der Waals surface area contributed by atoms with E-state index < -0.39 is 0 Å². The van der Waals surface area contributed by atoms with Gasteiger partial charge in [0.05, 0.1) is 6.61 Å². The van der Waals surface area contributed by atoms with E-state index in [4.69, 9.17) is 4.74 Å². The maximum atomic E-state index is 11.3. The van der Waals surface area contributed by atoms with Gasteiger partial charge in [-0.05, 0) is 32.1 Å². The average molecular weight is 254 g/mol. The van der Waals surface area contributed by atoms with E-state index in [9.17, 15) is 4.79 Å². The molecule has 0 heterocycles. The van der Waals surface area contributed by atoms with Crippen LogP contribution in [-0.4, -0.2) is 12.6 Å². The molecule has 0 bridgehead atoms. The Morgan fingerprint density at radius 1 is 0.944 bits per heavy atom. The first kappa shape index (κ1) is 17.2. The summed E-state index contributed by atoms with van der Waals surface area (Å²) in [6, 6.07) is 0. The molecule has 0 atom stereocenters. The minimum absolute atomic E-state index is 0.0191. The van der Waals surface area contributed by atoms with Crippen LogP contribution < -0.4 is 0 Å². The summed E-state index contributed by atoms with van der Waals surface area (Å²) in [6.45, 7) is 4.86. The quantitative estimate of drug-likeness (QED) is 0.277. The zero-order valence-electron chi connectivity index (χ0n) is 12.2. The van der Waals surface area contributed by atoms with Crippen molar-refractivity contribution in [3.05, 3.63) is 12.2 Å². The fraction of sp³-hybridized carbons (Fsp3) is 0.812. The van der Waals surface area contributed by atoms with Crippen LogP contribution in [0.3, 0.4) is 0 Å². The molecule has 0 aromatic carbocycles. The van der Waals surface area contributed by atoms with Gasteiger partial charge in [0.1, 0.15) is 0 Å². The normalized spacial score (nSPS) is 11.0. The summed E-state index contributed by atoms with van der Waals surface area (Å²) in [7, 11) is 0. The predicted octanol–water partition coefficient (Wildman–Crippen LogP) is 5.03. The smallest absolute Gasteiger partial charge is 0.305 e. The second-order valence-corrected chi connectivity index (χ2v) is 4.76. The molecule has 0 amide bonds. The highest BCUT2D eigenvalue weighted by atomic mass is 16.5. The molecule has 0 aliphatic rings. The van der Waals surface area contributed by atoms with Gasteiger partial charge in [0, 0.05) is 6.42 Å². The van der Waals surface area contributed by atoms with Crippen molar-refractivity contribution >= 4 is 5.97 Å². The highest BCUT2D eigenvalue weighted by molar-refractivity contribution is 5.69. The van der Waals surface area contributed by atoms with Gasteiger partial charge in [0.25, 0.3) is 0 Å². The standard InChI is InChI=1S/C16H30O2/c1-3-5-7-8-9-10-11-12-13-14-16(17)18-15-6-4-2/h5,7H,3-4,6,8-15H2,1-2H3. The van der Waals surface area contributed by atoms with E-state index in [1.54, 1.807) is 0 Å². The largest absolute Gasteiger partial charge is 0.466 e. The van der Waals surface area contributed by atoms with Crippen molar-refractivity contribution < 1.29 is 9.53 Å². The number of carbonyl (C=O) groups is 1. The van der Waals surface area contributed by atoms with Crippen LogP contribution in [0.4, 0.5) is 0 Å². The SMILES string of the molecule is CCC=CCCCCCCCC(=O)OCCCC. The monoisotopic (exact) mass is 254 g/mol. The maximum absolute atomic E-state index is 11.3. The Morgan fingerprint density at radius 2 is 1.67 bits per heavy atom. The van der Waals surface area contributed by atoms with Gasteiger partial charge >= 0.3 is 5.97 Å². The first-order valence-corrected chi connectivity index (χ1v) is 7.61. The van der Waals surface area contributed by atoms with Crippen LogP contribution in [0.1, 0.15) is 78.1 Å². The van der Waals surface area contributed by atoms with Crippen molar-refractivity contribution in [2.24, 2.45) is 0 Å². The number of hydrogen-bond acceptors (Lipinski definition) is 2. The lowest BCUT2D eigenvalue weighted by Gasteiger charge is -2.03. The third-order valence-electron chi connectivity index (χ3n) is 2.92. The second-order valence-electron chi connectivity index (χ2n) is 4.76. The Morgan fingerprint density at radius 3 is 2.39 bits per heavy atom. The summed E-state index contributed by atoms with van der Waals surface area (Å²) in [4.78, 5) is 11.3. The van der Waals surface area contributed by atoms with Crippen molar-refractivity contribution in [1.29, 1.82) is 0 Å². The molecule has 0 fully saturated rings. The summed E-state index contributed by atoms with van der Waals surface area (Å²) >= 11 is 0. The van der Waals surface area contributed by atoms with E-state index in [1.807, 2.05) is 0 Å². The predicted molar refractivity (Wildman–Crippen MR) is 77.6 cm³/mol. The fourth-order valence-electron chi connectivity index (χ4n) is 1.75. The molecule has 0 unspecified atom stereocenters. The van der Waals surface area contributed by atoms with Crippen LogP contribution in [0.25, 0.3) is 0 Å². The minimum atomic E-state index is -0.0191. The van der Waals surface area contributed by atoms with Crippen LogP contribution in [0.2, 0.25) is 0 Å². The van der Waals surface area contributed by atoms with Crippen molar-refractivity contribution in [1.82, 2.24) is 0 Å². The van der Waals surface area contributed by atoms with Crippen LogP contribution in [-0.2, 0) is 9.53 Å². The Balaban J connectivity index is 3.15. The van der Waals surface area contributed by atoms with E-state index >= 15 is 0 Å². The van der Waals surface area contributed by atoms with Crippen molar-refractivity contribution in [2.75, 3.05) is 6.61 Å². The molecule has 0 aliphatic carbocycles. The summed E-state index contributed by atoms with van der Waals surface area (Å²) in [5.41, 5.74) is 0. The molecule has 0 aromatic heterocycles. The van der Waals surface area contributed by atoms with Crippen LogP contribution in [0.5, 0.6) is 0 Å². The number of esters is 1. The molecule has 0 saturated heterocycles. The van der Waals surface area contributed by atoms with Gasteiger partial charge in [0.15, 0.2) is 0 Å². The van der Waals surface area contributed by atoms with Crippen LogP contribution in [0, 0.1) is 0 Å². The van der Waals surface area contributed by atoms with Gasteiger partial charge in [-0.2, -0.15) is 0 Å². The Kier molecular flexibility index (Phi) is 13.6. The third-order valence-corrected chi connectivity index (χ3v) is 2.92. The zero-order valence-corrected chi connectivity index (χ0v) is 12.2. The number of rotatable bonds is 12. The summed E-state index contributed by atoms with van der Waals surface area (Å²) in [5.74, 6) is -0.0191. The average Bonchev–Trinajstić information content (AvgIpc) is 2.37. The molecule has 0 aliphatic heterocycles. The number of hydrogen-bond donors (Lipinski definition) is 0. The lowest BCUT2D eigenvalue weighted by molar-refractivity contribution is -0.143. The maximum Gasteiger partial charge on any atom is 0.305 e. The topological polar surface area (TPSA) is 26.3 Å². The van der Waals surface area contributed by atoms with E-state index in [0.29, 0.717) is 13.0 Å². The molecule has 106 valence electrons. The van der Waals surface area contributed by atoms with Gasteiger partial charge in [-0.3, -0.25) is 4.79 Å². The van der Waals surface area contributed by atoms with Crippen LogP contribution >= 0.6 is 0 Å². The molecular formula is C16H30O2. The molecule has 0 N–H and O–H groups in total. The van der Waals surface area contributed by atoms with Gasteiger partial charge in [0.2, 0.25) is 0 Å². The first-order valence-electron chi connectivity index (χ1n) is 7.61. The lowest BCUT2D eigenvalue weighted by atomic mass is 10.1. The van der Waals surface area contributed by atoms with E-state index in [1.165, 1.54) is 25.7 Å². The molecular weight excluding hydrogens is 224 g/mol. The van der Waals surface area contributed by atoms with Gasteiger partial charge in [-0.25, -0.2) is 0 Å². The molecule has 0 rings (SSSR count). The van der Waals surface area contributed by atoms with E-state index in [-0.39, 0.29) is 5.97 Å². The Labute approximate surface area is 113 Å². The van der Waals surface area contributed by atoms with E-state index in [2.05, 4.69) is 26.0 Å². The molecule has 0 radical (unpaired) electrons. The highest BCUT2D eigenvalue weighted by Gasteiger charge is 2.01. The molecule has 0 aromatic rings. The fourth-order valence-corrected chi connectivity index (χ4v) is 1.75. The molecule has 2 heteroatoms. The molecule has 0 saturated carbocycles. The van der Waals surface area contributed by atoms with Gasteiger partial charge < -0.3 is 4.74 Å². The first-order chi connectivity index (χ1) is 8.81. The molecule has 18 heavy (non-hydrogen) atoms.